The van der Waals surface area contributed by atoms with Crippen molar-refractivity contribution in [3.8, 4) is 11.5 Å². The summed E-state index contributed by atoms with van der Waals surface area (Å²) < 4.78 is 5.76. The number of guanidine groups is 1. The smallest absolute Gasteiger partial charge is 0.258 e. The first kappa shape index (κ1) is 20.9. The van der Waals surface area contributed by atoms with Gasteiger partial charge >= 0.3 is 0 Å². The van der Waals surface area contributed by atoms with Gasteiger partial charge in [0.1, 0.15) is 0 Å². The molecule has 1 saturated carbocycles. The Morgan fingerprint density at radius 1 is 1.41 bits per heavy atom. The summed E-state index contributed by atoms with van der Waals surface area (Å²) >= 11 is 6.36. The third-order valence-corrected chi connectivity index (χ3v) is 4.59. The zero-order chi connectivity index (χ0) is 19.8. The fraction of sp³-hybridized carbons (Fsp3) is 0.474. The van der Waals surface area contributed by atoms with Crippen LogP contribution in [0.15, 0.2) is 29.9 Å². The van der Waals surface area contributed by atoms with E-state index in [-0.39, 0.29) is 28.7 Å². The lowest BCUT2D eigenvalue weighted by atomic mass is 10.1. The summed E-state index contributed by atoms with van der Waals surface area (Å²) in [6.45, 7) is 6.66. The summed E-state index contributed by atoms with van der Waals surface area (Å²) in [5, 5.41) is 3.78. The minimum absolute atomic E-state index is 0.176. The maximum absolute atomic E-state index is 13.3. The highest BCUT2D eigenvalue weighted by atomic mass is 35.5. The van der Waals surface area contributed by atoms with Gasteiger partial charge in [-0.3, -0.25) is 4.79 Å². The first-order valence-corrected chi connectivity index (χ1v) is 9.49. The van der Waals surface area contributed by atoms with Crippen LogP contribution in [0.1, 0.15) is 49.4 Å². The summed E-state index contributed by atoms with van der Waals surface area (Å²) in [5.41, 5.74) is 10.9. The SMILES string of the molecule is C=CCN(C(=O)c1cc(ON=C(N)N)cc(Cl)c1OCCC)C1CCCC1. The van der Waals surface area contributed by atoms with E-state index in [1.165, 1.54) is 6.07 Å². The van der Waals surface area contributed by atoms with Crippen molar-refractivity contribution < 1.29 is 14.4 Å². The van der Waals surface area contributed by atoms with E-state index in [0.717, 1.165) is 32.1 Å². The number of ether oxygens (including phenoxy) is 1. The van der Waals surface area contributed by atoms with Gasteiger partial charge in [-0.15, -0.1) is 6.58 Å². The zero-order valence-corrected chi connectivity index (χ0v) is 16.4. The molecule has 0 aromatic heterocycles. The van der Waals surface area contributed by atoms with Crippen LogP contribution in [-0.4, -0.2) is 36.0 Å². The predicted molar refractivity (Wildman–Crippen MR) is 107 cm³/mol. The molecule has 0 unspecified atom stereocenters. The Hall–Kier alpha value is -2.41. The van der Waals surface area contributed by atoms with Crippen LogP contribution in [0.25, 0.3) is 0 Å². The lowest BCUT2D eigenvalue weighted by molar-refractivity contribution is 0.0701. The highest BCUT2D eigenvalue weighted by molar-refractivity contribution is 6.33. The number of nitrogens with two attached hydrogens (primary N) is 2. The van der Waals surface area contributed by atoms with E-state index >= 15 is 0 Å². The third-order valence-electron chi connectivity index (χ3n) is 4.31. The van der Waals surface area contributed by atoms with Crippen LogP contribution in [0.2, 0.25) is 5.02 Å². The van der Waals surface area contributed by atoms with Crippen molar-refractivity contribution in [2.24, 2.45) is 16.6 Å². The fourth-order valence-electron chi connectivity index (χ4n) is 3.14. The molecule has 1 amide bonds. The Kier molecular flexibility index (Phi) is 7.79. The molecule has 1 aliphatic rings. The van der Waals surface area contributed by atoms with Gasteiger partial charge in [0, 0.05) is 24.7 Å². The van der Waals surface area contributed by atoms with Crippen molar-refractivity contribution in [2.45, 2.75) is 45.1 Å². The molecule has 0 bridgehead atoms. The van der Waals surface area contributed by atoms with Gasteiger partial charge in [0.15, 0.2) is 11.5 Å². The van der Waals surface area contributed by atoms with Crippen molar-refractivity contribution in [1.82, 2.24) is 4.90 Å². The molecule has 8 heteroatoms. The second kappa shape index (κ2) is 10.1. The van der Waals surface area contributed by atoms with E-state index in [1.807, 2.05) is 11.8 Å². The Morgan fingerprint density at radius 3 is 2.70 bits per heavy atom. The second-order valence-electron chi connectivity index (χ2n) is 6.42. The van der Waals surface area contributed by atoms with E-state index in [4.69, 9.17) is 32.6 Å². The average molecular weight is 395 g/mol. The summed E-state index contributed by atoms with van der Waals surface area (Å²) in [7, 11) is 0. The Balaban J connectivity index is 2.42. The molecule has 0 aliphatic heterocycles. The molecule has 0 radical (unpaired) electrons. The number of carbonyl (C=O) groups excluding carboxylic acids is 1. The first-order chi connectivity index (χ1) is 13.0. The Bertz CT molecular complexity index is 698. The Morgan fingerprint density at radius 2 is 2.11 bits per heavy atom. The number of halogens is 1. The van der Waals surface area contributed by atoms with E-state index < -0.39 is 0 Å². The molecule has 4 N–H and O–H groups in total. The molecular weight excluding hydrogens is 368 g/mol. The number of rotatable bonds is 9. The molecular formula is C19H27ClN4O3. The van der Waals surface area contributed by atoms with E-state index in [1.54, 1.807) is 12.1 Å². The number of nitrogens with zero attached hydrogens (tertiary/aromatic N) is 2. The number of amides is 1. The van der Waals surface area contributed by atoms with Crippen molar-refractivity contribution >= 4 is 23.5 Å². The van der Waals surface area contributed by atoms with E-state index in [0.29, 0.717) is 24.5 Å². The molecule has 7 nitrogen and oxygen atoms in total. The summed E-state index contributed by atoms with van der Waals surface area (Å²) in [4.78, 5) is 20.3. The monoisotopic (exact) mass is 394 g/mol. The molecule has 1 aromatic carbocycles. The van der Waals surface area contributed by atoms with Gasteiger partial charge in [0.05, 0.1) is 17.2 Å². The van der Waals surface area contributed by atoms with Crippen molar-refractivity contribution in [3.63, 3.8) is 0 Å². The predicted octanol–water partition coefficient (Wildman–Crippen LogP) is 3.27. The minimum Gasteiger partial charge on any atom is -0.491 e. The molecule has 0 heterocycles. The fourth-order valence-corrected chi connectivity index (χ4v) is 3.41. The number of hydrogen-bond donors (Lipinski definition) is 2. The normalized spacial score (nSPS) is 13.9. The first-order valence-electron chi connectivity index (χ1n) is 9.12. The maximum Gasteiger partial charge on any atom is 0.258 e. The van der Waals surface area contributed by atoms with E-state index in [9.17, 15) is 4.79 Å². The molecule has 1 fully saturated rings. The molecule has 0 atom stereocenters. The van der Waals surface area contributed by atoms with Gasteiger partial charge in [0.25, 0.3) is 5.91 Å². The Labute approximate surface area is 164 Å². The van der Waals surface area contributed by atoms with Crippen LogP contribution in [-0.2, 0) is 0 Å². The van der Waals surface area contributed by atoms with Gasteiger partial charge in [-0.25, -0.2) is 0 Å². The van der Waals surface area contributed by atoms with E-state index in [2.05, 4.69) is 11.7 Å². The molecule has 2 rings (SSSR count). The zero-order valence-electron chi connectivity index (χ0n) is 15.6. The van der Waals surface area contributed by atoms with Crippen LogP contribution >= 0.6 is 11.6 Å². The summed E-state index contributed by atoms with van der Waals surface area (Å²) in [6, 6.07) is 3.25. The van der Waals surface area contributed by atoms with Gasteiger partial charge in [-0.1, -0.05) is 37.4 Å². The van der Waals surface area contributed by atoms with Crippen LogP contribution in [0.4, 0.5) is 0 Å². The molecule has 1 aromatic rings. The van der Waals surface area contributed by atoms with Gasteiger partial charge in [-0.05, 0) is 24.4 Å². The van der Waals surface area contributed by atoms with Crippen molar-refractivity contribution in [3.05, 3.63) is 35.4 Å². The second-order valence-corrected chi connectivity index (χ2v) is 6.83. The summed E-state index contributed by atoms with van der Waals surface area (Å²) in [6.07, 6.45) is 6.68. The molecule has 0 spiro atoms. The lowest BCUT2D eigenvalue weighted by Gasteiger charge is -2.29. The molecule has 27 heavy (non-hydrogen) atoms. The third kappa shape index (κ3) is 5.53. The van der Waals surface area contributed by atoms with Crippen molar-refractivity contribution in [2.75, 3.05) is 13.2 Å². The highest BCUT2D eigenvalue weighted by Crippen LogP contribution is 2.36. The summed E-state index contributed by atoms with van der Waals surface area (Å²) in [5.74, 6) is 0.188. The molecule has 1 aliphatic carbocycles. The standard InChI is InChI=1S/C19H27ClN4O3/c1-3-9-24(13-7-5-6-8-13)18(25)15-11-14(27-23-19(21)22)12-16(20)17(15)26-10-4-2/h3,11-13H,1,4-10H2,2H3,(H4,21,22,23). The van der Waals surface area contributed by atoms with Gasteiger partial charge in [-0.2, -0.15) is 0 Å². The molecule has 148 valence electrons. The molecule has 0 saturated heterocycles. The largest absolute Gasteiger partial charge is 0.491 e. The average Bonchev–Trinajstić information content (AvgIpc) is 3.17. The van der Waals surface area contributed by atoms with Gasteiger partial charge in [0.2, 0.25) is 5.96 Å². The quantitative estimate of drug-likeness (QED) is 0.289. The highest BCUT2D eigenvalue weighted by Gasteiger charge is 2.29. The van der Waals surface area contributed by atoms with Crippen LogP contribution in [0, 0.1) is 0 Å². The number of benzene rings is 1. The maximum atomic E-state index is 13.3. The topological polar surface area (TPSA) is 103 Å². The van der Waals surface area contributed by atoms with Crippen molar-refractivity contribution in [1.29, 1.82) is 0 Å². The minimum atomic E-state index is -0.232. The number of hydrogen-bond acceptors (Lipinski definition) is 4. The number of oxime groups is 1. The number of carbonyl (C=O) groups is 1. The van der Waals surface area contributed by atoms with Crippen LogP contribution < -0.4 is 21.0 Å². The van der Waals surface area contributed by atoms with Gasteiger partial charge < -0.3 is 25.9 Å². The van der Waals surface area contributed by atoms with Crippen LogP contribution in [0.3, 0.4) is 0 Å². The van der Waals surface area contributed by atoms with Crippen LogP contribution in [0.5, 0.6) is 11.5 Å². The lowest BCUT2D eigenvalue weighted by Crippen LogP contribution is -2.39.